The average Bonchev–Trinajstić information content (AvgIpc) is 2.93. The first-order valence-corrected chi connectivity index (χ1v) is 6.46. The lowest BCUT2D eigenvalue weighted by molar-refractivity contribution is 0.296. The molecule has 0 aromatic carbocycles. The van der Waals surface area contributed by atoms with Crippen LogP contribution in [0, 0.1) is 5.92 Å². The van der Waals surface area contributed by atoms with Crippen LogP contribution in [0.1, 0.15) is 26.2 Å². The third kappa shape index (κ3) is 4.89. The van der Waals surface area contributed by atoms with Crippen molar-refractivity contribution in [1.82, 2.24) is 5.32 Å². The highest BCUT2D eigenvalue weighted by atomic mass is 32.2. The Hall–Kier alpha value is 0.270. The van der Waals surface area contributed by atoms with Crippen LogP contribution < -0.4 is 5.32 Å². The second-order valence-electron chi connectivity index (χ2n) is 3.65. The Morgan fingerprint density at radius 1 is 1.54 bits per heavy atom. The van der Waals surface area contributed by atoms with Gasteiger partial charge in [-0.2, -0.15) is 11.8 Å². The molecule has 1 aliphatic rings. The summed E-state index contributed by atoms with van der Waals surface area (Å²) in [7, 11) is 0. The number of nitrogens with one attached hydrogen (secondary N) is 1. The van der Waals surface area contributed by atoms with E-state index in [0.29, 0.717) is 6.61 Å². The molecule has 2 nitrogen and oxygen atoms in total. The molecule has 0 amide bonds. The zero-order chi connectivity index (χ0) is 9.52. The fourth-order valence-corrected chi connectivity index (χ4v) is 2.64. The zero-order valence-corrected chi connectivity index (χ0v) is 9.28. The fourth-order valence-electron chi connectivity index (χ4n) is 1.50. The summed E-state index contributed by atoms with van der Waals surface area (Å²) in [5.74, 6) is 3.27. The Morgan fingerprint density at radius 3 is 2.85 bits per heavy atom. The predicted molar refractivity (Wildman–Crippen MR) is 59.2 cm³/mol. The molecule has 0 spiro atoms. The van der Waals surface area contributed by atoms with Gasteiger partial charge in [0, 0.05) is 18.4 Å². The van der Waals surface area contributed by atoms with E-state index >= 15 is 0 Å². The minimum absolute atomic E-state index is 0.336. The maximum Gasteiger partial charge on any atom is 0.0438 e. The number of hydrogen-bond acceptors (Lipinski definition) is 3. The maximum absolute atomic E-state index is 8.63. The third-order valence-corrected chi connectivity index (χ3v) is 3.57. The summed E-state index contributed by atoms with van der Waals surface area (Å²) in [5, 5.41) is 12.2. The molecule has 0 aromatic rings. The highest BCUT2D eigenvalue weighted by molar-refractivity contribution is 7.99. The molecule has 1 fully saturated rings. The third-order valence-electron chi connectivity index (χ3n) is 2.40. The van der Waals surface area contributed by atoms with E-state index in [2.05, 4.69) is 12.2 Å². The number of aliphatic hydroxyl groups excluding tert-OH is 1. The summed E-state index contributed by atoms with van der Waals surface area (Å²) < 4.78 is 0. The normalized spacial score (nSPS) is 18.9. The van der Waals surface area contributed by atoms with Crippen molar-refractivity contribution in [3.8, 4) is 0 Å². The van der Waals surface area contributed by atoms with Gasteiger partial charge in [-0.3, -0.25) is 0 Å². The second kappa shape index (κ2) is 6.68. The largest absolute Gasteiger partial charge is 0.396 e. The van der Waals surface area contributed by atoms with E-state index in [1.807, 2.05) is 11.8 Å². The monoisotopic (exact) mass is 203 g/mol. The standard InChI is InChI=1S/C10H21NOS/c1-2-11-10(9-4-5-9)8-13-7-3-6-12/h9-12H,2-8H2,1H3. The van der Waals surface area contributed by atoms with Gasteiger partial charge in [0.2, 0.25) is 0 Å². The summed E-state index contributed by atoms with van der Waals surface area (Å²) in [6, 6.07) is 0.730. The highest BCUT2D eigenvalue weighted by Gasteiger charge is 2.29. The molecule has 0 aromatic heterocycles. The van der Waals surface area contributed by atoms with Crippen molar-refractivity contribution < 1.29 is 5.11 Å². The van der Waals surface area contributed by atoms with Gasteiger partial charge < -0.3 is 10.4 Å². The molecule has 1 aliphatic carbocycles. The van der Waals surface area contributed by atoms with Crippen molar-refractivity contribution in [2.75, 3.05) is 24.7 Å². The Morgan fingerprint density at radius 2 is 2.31 bits per heavy atom. The maximum atomic E-state index is 8.63. The van der Waals surface area contributed by atoms with Crippen molar-refractivity contribution in [3.05, 3.63) is 0 Å². The Bertz CT molecular complexity index is 128. The van der Waals surface area contributed by atoms with E-state index in [1.54, 1.807) is 0 Å². The van der Waals surface area contributed by atoms with Crippen molar-refractivity contribution in [2.24, 2.45) is 5.92 Å². The molecule has 13 heavy (non-hydrogen) atoms. The molecule has 0 aliphatic heterocycles. The molecule has 1 rings (SSSR count). The quantitative estimate of drug-likeness (QED) is 0.586. The van der Waals surface area contributed by atoms with Crippen LogP contribution in [0.3, 0.4) is 0 Å². The van der Waals surface area contributed by atoms with E-state index in [-0.39, 0.29) is 0 Å². The summed E-state index contributed by atoms with van der Waals surface area (Å²) in [6.07, 6.45) is 3.77. The first-order valence-electron chi connectivity index (χ1n) is 5.30. The molecule has 0 heterocycles. The molecule has 1 saturated carbocycles. The highest BCUT2D eigenvalue weighted by Crippen LogP contribution is 2.33. The van der Waals surface area contributed by atoms with Gasteiger partial charge in [0.1, 0.15) is 0 Å². The van der Waals surface area contributed by atoms with Crippen LogP contribution in [-0.4, -0.2) is 35.8 Å². The van der Waals surface area contributed by atoms with Crippen LogP contribution >= 0.6 is 11.8 Å². The molecule has 0 saturated heterocycles. The molecule has 1 unspecified atom stereocenters. The van der Waals surface area contributed by atoms with Gasteiger partial charge in [0.15, 0.2) is 0 Å². The van der Waals surface area contributed by atoms with Crippen molar-refractivity contribution in [2.45, 2.75) is 32.2 Å². The Labute approximate surface area is 85.5 Å². The van der Waals surface area contributed by atoms with Crippen molar-refractivity contribution in [3.63, 3.8) is 0 Å². The topological polar surface area (TPSA) is 32.3 Å². The SMILES string of the molecule is CCNC(CSCCCO)C1CC1. The van der Waals surface area contributed by atoms with Crippen LogP contribution in [0.15, 0.2) is 0 Å². The van der Waals surface area contributed by atoms with Crippen molar-refractivity contribution >= 4 is 11.8 Å². The summed E-state index contributed by atoms with van der Waals surface area (Å²) in [6.45, 7) is 3.60. The van der Waals surface area contributed by atoms with Crippen LogP contribution in [-0.2, 0) is 0 Å². The van der Waals surface area contributed by atoms with E-state index in [4.69, 9.17) is 5.11 Å². The van der Waals surface area contributed by atoms with E-state index in [9.17, 15) is 0 Å². The molecule has 78 valence electrons. The number of hydrogen-bond donors (Lipinski definition) is 2. The Kier molecular flexibility index (Phi) is 5.83. The van der Waals surface area contributed by atoms with E-state index in [1.165, 1.54) is 18.6 Å². The summed E-state index contributed by atoms with van der Waals surface area (Å²) in [5.41, 5.74) is 0. The van der Waals surface area contributed by atoms with Crippen LogP contribution in [0.25, 0.3) is 0 Å². The zero-order valence-electron chi connectivity index (χ0n) is 8.46. The van der Waals surface area contributed by atoms with Gasteiger partial charge in [-0.25, -0.2) is 0 Å². The second-order valence-corrected chi connectivity index (χ2v) is 4.80. The van der Waals surface area contributed by atoms with Crippen molar-refractivity contribution in [1.29, 1.82) is 0 Å². The molecule has 3 heteroatoms. The molecule has 1 atom stereocenters. The van der Waals surface area contributed by atoms with Gasteiger partial charge in [-0.1, -0.05) is 6.92 Å². The van der Waals surface area contributed by atoms with Gasteiger partial charge >= 0.3 is 0 Å². The number of thioether (sulfide) groups is 1. The summed E-state index contributed by atoms with van der Waals surface area (Å²) >= 11 is 1.97. The number of rotatable bonds is 8. The minimum Gasteiger partial charge on any atom is -0.396 e. The van der Waals surface area contributed by atoms with E-state index in [0.717, 1.165) is 30.7 Å². The van der Waals surface area contributed by atoms with Gasteiger partial charge in [0.25, 0.3) is 0 Å². The average molecular weight is 203 g/mol. The summed E-state index contributed by atoms with van der Waals surface area (Å²) in [4.78, 5) is 0. The van der Waals surface area contributed by atoms with Gasteiger partial charge in [-0.05, 0) is 37.5 Å². The molecule has 0 radical (unpaired) electrons. The molecule has 2 N–H and O–H groups in total. The lowest BCUT2D eigenvalue weighted by Crippen LogP contribution is -2.33. The smallest absolute Gasteiger partial charge is 0.0438 e. The molecule has 0 bridgehead atoms. The Balaban J connectivity index is 2.00. The first kappa shape index (κ1) is 11.3. The van der Waals surface area contributed by atoms with Gasteiger partial charge in [-0.15, -0.1) is 0 Å². The molecular formula is C10H21NOS. The lowest BCUT2D eigenvalue weighted by atomic mass is 10.2. The van der Waals surface area contributed by atoms with E-state index < -0.39 is 0 Å². The predicted octanol–water partition coefficient (Wildman–Crippen LogP) is 1.49. The van der Waals surface area contributed by atoms with Crippen LogP contribution in [0.5, 0.6) is 0 Å². The minimum atomic E-state index is 0.336. The fraction of sp³-hybridized carbons (Fsp3) is 1.00. The van der Waals surface area contributed by atoms with Crippen LogP contribution in [0.4, 0.5) is 0 Å². The number of aliphatic hydroxyl groups is 1. The van der Waals surface area contributed by atoms with Crippen LogP contribution in [0.2, 0.25) is 0 Å². The van der Waals surface area contributed by atoms with Gasteiger partial charge in [0.05, 0.1) is 0 Å². The lowest BCUT2D eigenvalue weighted by Gasteiger charge is -2.16. The molecular weight excluding hydrogens is 182 g/mol. The first-order chi connectivity index (χ1) is 6.38.